The Morgan fingerprint density at radius 1 is 1.59 bits per heavy atom. The van der Waals surface area contributed by atoms with Crippen LogP contribution in [0.1, 0.15) is 38.5 Å². The highest BCUT2D eigenvalue weighted by Gasteiger charge is 2.39. The van der Waals surface area contributed by atoms with Gasteiger partial charge in [0, 0.05) is 26.1 Å². The molecular formula is C12H20N2O3. The second-order valence-electron chi connectivity index (χ2n) is 5.02. The summed E-state index contributed by atoms with van der Waals surface area (Å²) in [6.45, 7) is 0.546. The lowest BCUT2D eigenvalue weighted by atomic mass is 9.77. The molecule has 1 unspecified atom stereocenters. The number of methoxy groups -OCH3 is 1. The second kappa shape index (κ2) is 5.04. The van der Waals surface area contributed by atoms with Gasteiger partial charge in [-0.25, -0.2) is 0 Å². The average molecular weight is 240 g/mol. The quantitative estimate of drug-likeness (QED) is 0.744. The zero-order chi connectivity index (χ0) is 12.3. The standard InChI is InChI=1S/C12H20N2O3/c1-17-12(5-2-6-12)7-11(16)14-9-3-4-10(15)13-8-9/h9H,2-8H2,1H3,(H,13,15)(H,14,16). The van der Waals surface area contributed by atoms with Crippen LogP contribution in [-0.4, -0.2) is 37.1 Å². The lowest BCUT2D eigenvalue weighted by Crippen LogP contribution is -2.50. The van der Waals surface area contributed by atoms with Crippen LogP contribution < -0.4 is 10.6 Å². The van der Waals surface area contributed by atoms with Crippen LogP contribution in [0.2, 0.25) is 0 Å². The minimum Gasteiger partial charge on any atom is -0.378 e. The topological polar surface area (TPSA) is 67.4 Å². The van der Waals surface area contributed by atoms with Gasteiger partial charge in [-0.05, 0) is 25.7 Å². The maximum atomic E-state index is 11.9. The van der Waals surface area contributed by atoms with E-state index in [2.05, 4.69) is 10.6 Å². The molecule has 1 aliphatic heterocycles. The Hall–Kier alpha value is -1.10. The van der Waals surface area contributed by atoms with E-state index >= 15 is 0 Å². The molecule has 5 nitrogen and oxygen atoms in total. The molecule has 0 radical (unpaired) electrons. The molecule has 2 aliphatic rings. The summed E-state index contributed by atoms with van der Waals surface area (Å²) in [5, 5.41) is 5.72. The third-order valence-electron chi connectivity index (χ3n) is 3.81. The molecule has 1 heterocycles. The Balaban J connectivity index is 1.75. The zero-order valence-corrected chi connectivity index (χ0v) is 10.3. The van der Waals surface area contributed by atoms with Gasteiger partial charge in [0.1, 0.15) is 0 Å². The molecule has 0 aromatic heterocycles. The number of rotatable bonds is 4. The Morgan fingerprint density at radius 3 is 2.82 bits per heavy atom. The molecule has 1 aliphatic carbocycles. The molecule has 0 bridgehead atoms. The molecule has 5 heteroatoms. The van der Waals surface area contributed by atoms with E-state index in [4.69, 9.17) is 4.74 Å². The predicted octanol–water partition coefficient (Wildman–Crippen LogP) is 0.340. The van der Waals surface area contributed by atoms with E-state index in [1.165, 1.54) is 0 Å². The average Bonchev–Trinajstić information content (AvgIpc) is 2.27. The number of nitrogens with one attached hydrogen (secondary N) is 2. The summed E-state index contributed by atoms with van der Waals surface area (Å²) in [6, 6.07) is 0.0779. The number of amides is 2. The monoisotopic (exact) mass is 240 g/mol. The smallest absolute Gasteiger partial charge is 0.223 e. The first-order valence-electron chi connectivity index (χ1n) is 6.25. The van der Waals surface area contributed by atoms with Crippen LogP contribution in [0.3, 0.4) is 0 Å². The third kappa shape index (κ3) is 2.97. The van der Waals surface area contributed by atoms with Gasteiger partial charge in [0.25, 0.3) is 0 Å². The molecule has 2 fully saturated rings. The Morgan fingerprint density at radius 2 is 2.35 bits per heavy atom. The minimum atomic E-state index is -0.220. The van der Waals surface area contributed by atoms with Crippen LogP contribution in [-0.2, 0) is 14.3 Å². The number of carbonyl (C=O) groups is 2. The largest absolute Gasteiger partial charge is 0.378 e. The van der Waals surface area contributed by atoms with Gasteiger partial charge in [-0.15, -0.1) is 0 Å². The third-order valence-corrected chi connectivity index (χ3v) is 3.81. The van der Waals surface area contributed by atoms with Crippen LogP contribution in [0.25, 0.3) is 0 Å². The van der Waals surface area contributed by atoms with Gasteiger partial charge in [0.2, 0.25) is 11.8 Å². The Bertz CT molecular complexity index is 297. The highest BCUT2D eigenvalue weighted by Crippen LogP contribution is 2.37. The molecule has 0 aromatic carbocycles. The van der Waals surface area contributed by atoms with E-state index in [1.54, 1.807) is 7.11 Å². The summed E-state index contributed by atoms with van der Waals surface area (Å²) in [5.74, 6) is 0.107. The molecule has 1 atom stereocenters. The lowest BCUT2D eigenvalue weighted by molar-refractivity contribution is -0.135. The van der Waals surface area contributed by atoms with Crippen molar-refractivity contribution in [3.8, 4) is 0 Å². The van der Waals surface area contributed by atoms with Crippen LogP contribution in [0.5, 0.6) is 0 Å². The van der Waals surface area contributed by atoms with Gasteiger partial charge in [0.15, 0.2) is 0 Å². The van der Waals surface area contributed by atoms with Gasteiger partial charge in [-0.2, -0.15) is 0 Å². The number of hydrogen-bond acceptors (Lipinski definition) is 3. The Labute approximate surface area is 101 Å². The Kier molecular flexibility index (Phi) is 3.66. The van der Waals surface area contributed by atoms with Crippen LogP contribution in [0.15, 0.2) is 0 Å². The normalized spacial score (nSPS) is 26.9. The summed E-state index contributed by atoms with van der Waals surface area (Å²) in [7, 11) is 1.67. The molecule has 2 amide bonds. The first kappa shape index (κ1) is 12.4. The summed E-state index contributed by atoms with van der Waals surface area (Å²) < 4.78 is 5.42. The number of piperidine rings is 1. The molecule has 96 valence electrons. The molecule has 1 saturated carbocycles. The number of ether oxygens (including phenoxy) is 1. The molecule has 1 saturated heterocycles. The molecule has 2 rings (SSSR count). The molecule has 17 heavy (non-hydrogen) atoms. The second-order valence-corrected chi connectivity index (χ2v) is 5.02. The van der Waals surface area contributed by atoms with Crippen LogP contribution in [0.4, 0.5) is 0 Å². The van der Waals surface area contributed by atoms with Crippen molar-refractivity contribution in [3.05, 3.63) is 0 Å². The SMILES string of the molecule is COC1(CC(=O)NC2CCC(=O)NC2)CCC1. The van der Waals surface area contributed by atoms with Crippen molar-refractivity contribution in [2.24, 2.45) is 0 Å². The summed E-state index contributed by atoms with van der Waals surface area (Å²) in [5.41, 5.74) is -0.220. The summed E-state index contributed by atoms with van der Waals surface area (Å²) in [4.78, 5) is 22.8. The number of carbonyl (C=O) groups excluding carboxylic acids is 2. The fraction of sp³-hybridized carbons (Fsp3) is 0.833. The van der Waals surface area contributed by atoms with Gasteiger partial charge < -0.3 is 15.4 Å². The summed E-state index contributed by atoms with van der Waals surface area (Å²) in [6.07, 6.45) is 4.75. The molecule has 0 aromatic rings. The molecular weight excluding hydrogens is 220 g/mol. The minimum absolute atomic E-state index is 0.0349. The van der Waals surface area contributed by atoms with E-state index in [0.717, 1.165) is 25.7 Å². The van der Waals surface area contributed by atoms with Gasteiger partial charge in [0.05, 0.1) is 12.0 Å². The van der Waals surface area contributed by atoms with Gasteiger partial charge in [-0.1, -0.05) is 0 Å². The first-order chi connectivity index (χ1) is 8.13. The predicted molar refractivity (Wildman–Crippen MR) is 62.4 cm³/mol. The highest BCUT2D eigenvalue weighted by molar-refractivity contribution is 5.79. The summed E-state index contributed by atoms with van der Waals surface area (Å²) >= 11 is 0. The van der Waals surface area contributed by atoms with E-state index in [9.17, 15) is 9.59 Å². The maximum Gasteiger partial charge on any atom is 0.223 e. The van der Waals surface area contributed by atoms with Crippen molar-refractivity contribution >= 4 is 11.8 Å². The van der Waals surface area contributed by atoms with E-state index in [-0.39, 0.29) is 23.5 Å². The van der Waals surface area contributed by atoms with Crippen molar-refractivity contribution in [1.29, 1.82) is 0 Å². The fourth-order valence-electron chi connectivity index (χ4n) is 2.45. The van der Waals surface area contributed by atoms with Crippen molar-refractivity contribution in [3.63, 3.8) is 0 Å². The van der Waals surface area contributed by atoms with Gasteiger partial charge >= 0.3 is 0 Å². The van der Waals surface area contributed by atoms with Crippen molar-refractivity contribution in [1.82, 2.24) is 10.6 Å². The van der Waals surface area contributed by atoms with Crippen molar-refractivity contribution < 1.29 is 14.3 Å². The molecule has 2 N–H and O–H groups in total. The van der Waals surface area contributed by atoms with E-state index in [1.807, 2.05) is 0 Å². The van der Waals surface area contributed by atoms with E-state index in [0.29, 0.717) is 19.4 Å². The zero-order valence-electron chi connectivity index (χ0n) is 10.3. The van der Waals surface area contributed by atoms with Crippen LogP contribution >= 0.6 is 0 Å². The highest BCUT2D eigenvalue weighted by atomic mass is 16.5. The van der Waals surface area contributed by atoms with Crippen molar-refractivity contribution in [2.75, 3.05) is 13.7 Å². The fourth-order valence-corrected chi connectivity index (χ4v) is 2.45. The van der Waals surface area contributed by atoms with E-state index < -0.39 is 0 Å². The lowest BCUT2D eigenvalue weighted by Gasteiger charge is -2.40. The van der Waals surface area contributed by atoms with Gasteiger partial charge in [-0.3, -0.25) is 9.59 Å². The number of hydrogen-bond donors (Lipinski definition) is 2. The van der Waals surface area contributed by atoms with Crippen molar-refractivity contribution in [2.45, 2.75) is 50.2 Å². The molecule has 0 spiro atoms. The van der Waals surface area contributed by atoms with Crippen LogP contribution in [0, 0.1) is 0 Å². The first-order valence-corrected chi connectivity index (χ1v) is 6.25. The maximum absolute atomic E-state index is 11.9.